The Morgan fingerprint density at radius 1 is 1.00 bits per heavy atom. The summed E-state index contributed by atoms with van der Waals surface area (Å²) in [5.74, 6) is -1.87. The number of carbonyl (C=O) groups is 3. The molecule has 0 radical (unpaired) electrons. The fourth-order valence-electron chi connectivity index (χ4n) is 3.37. The van der Waals surface area contributed by atoms with Crippen molar-refractivity contribution in [1.82, 2.24) is 14.8 Å². The minimum Gasteiger partial charge on any atom is -0.350 e. The molecule has 1 aromatic heterocycles. The molecule has 156 valence electrons. The number of fused-ring (bicyclic) bond motifs is 1. The van der Waals surface area contributed by atoms with E-state index in [1.54, 1.807) is 47.0 Å². The standard InChI is InChI=1S/C23H24FN3O3/c1-3-26(4-2)23(30)22(29)18-14-27(20-12-8-6-10-17(18)20)15-21(28)25-13-16-9-5-7-11-19(16)24/h5-12,14H,3-4,13,15H2,1-2H3,(H,25,28). The molecule has 7 heteroatoms. The number of likely N-dealkylation sites (N-methyl/N-ethyl adjacent to an activating group) is 1. The SMILES string of the molecule is CCN(CC)C(=O)C(=O)c1cn(CC(=O)NCc2ccccc2F)c2ccccc12. The molecule has 0 spiro atoms. The summed E-state index contributed by atoms with van der Waals surface area (Å²) in [6, 6.07) is 13.4. The van der Waals surface area contributed by atoms with E-state index in [1.165, 1.54) is 17.2 Å². The number of hydrogen-bond acceptors (Lipinski definition) is 3. The lowest BCUT2D eigenvalue weighted by atomic mass is 10.1. The van der Waals surface area contributed by atoms with Gasteiger partial charge >= 0.3 is 0 Å². The van der Waals surface area contributed by atoms with Crippen LogP contribution in [0, 0.1) is 5.82 Å². The van der Waals surface area contributed by atoms with E-state index in [0.29, 0.717) is 29.6 Å². The molecule has 1 N–H and O–H groups in total. The summed E-state index contributed by atoms with van der Waals surface area (Å²) in [6.45, 7) is 4.53. The van der Waals surface area contributed by atoms with Crippen LogP contribution in [0.3, 0.4) is 0 Å². The summed E-state index contributed by atoms with van der Waals surface area (Å²) in [4.78, 5) is 39.3. The zero-order chi connectivity index (χ0) is 21.7. The molecule has 3 aromatic rings. The molecule has 0 aliphatic heterocycles. The fraction of sp³-hybridized carbons (Fsp3) is 0.261. The molecule has 0 atom stereocenters. The van der Waals surface area contributed by atoms with E-state index in [0.717, 1.165) is 0 Å². The van der Waals surface area contributed by atoms with Crippen molar-refractivity contribution >= 4 is 28.5 Å². The number of aromatic nitrogens is 1. The van der Waals surface area contributed by atoms with Crippen molar-refractivity contribution in [3.05, 3.63) is 71.7 Å². The van der Waals surface area contributed by atoms with Crippen LogP contribution in [-0.4, -0.2) is 40.2 Å². The number of amides is 2. The first-order chi connectivity index (χ1) is 14.5. The van der Waals surface area contributed by atoms with E-state index in [2.05, 4.69) is 5.32 Å². The first-order valence-electron chi connectivity index (χ1n) is 9.87. The highest BCUT2D eigenvalue weighted by atomic mass is 19.1. The van der Waals surface area contributed by atoms with Gasteiger partial charge in [-0.1, -0.05) is 36.4 Å². The van der Waals surface area contributed by atoms with Gasteiger partial charge < -0.3 is 14.8 Å². The molecule has 0 unspecified atom stereocenters. The Hall–Kier alpha value is -3.48. The minimum atomic E-state index is -0.597. The van der Waals surface area contributed by atoms with Crippen LogP contribution >= 0.6 is 0 Å². The number of para-hydroxylation sites is 1. The summed E-state index contributed by atoms with van der Waals surface area (Å²) in [7, 11) is 0. The van der Waals surface area contributed by atoms with E-state index in [1.807, 2.05) is 13.8 Å². The van der Waals surface area contributed by atoms with Gasteiger partial charge in [0.05, 0.1) is 5.56 Å². The van der Waals surface area contributed by atoms with Crippen LogP contribution in [0.2, 0.25) is 0 Å². The van der Waals surface area contributed by atoms with Crippen molar-refractivity contribution in [2.24, 2.45) is 0 Å². The molecule has 0 bridgehead atoms. The lowest BCUT2D eigenvalue weighted by molar-refractivity contribution is -0.126. The summed E-state index contributed by atoms with van der Waals surface area (Å²) in [6.07, 6.45) is 1.54. The average molecular weight is 409 g/mol. The van der Waals surface area contributed by atoms with Crippen molar-refractivity contribution in [2.45, 2.75) is 26.9 Å². The van der Waals surface area contributed by atoms with Crippen LogP contribution in [0.4, 0.5) is 4.39 Å². The predicted octanol–water partition coefficient (Wildman–Crippen LogP) is 3.15. The van der Waals surface area contributed by atoms with Gasteiger partial charge in [-0.2, -0.15) is 0 Å². The van der Waals surface area contributed by atoms with Crippen molar-refractivity contribution < 1.29 is 18.8 Å². The maximum absolute atomic E-state index is 13.7. The van der Waals surface area contributed by atoms with Crippen LogP contribution in [0.5, 0.6) is 0 Å². The van der Waals surface area contributed by atoms with Crippen molar-refractivity contribution in [1.29, 1.82) is 0 Å². The Kier molecular flexibility index (Phi) is 6.61. The first-order valence-corrected chi connectivity index (χ1v) is 9.87. The molecule has 0 saturated heterocycles. The monoisotopic (exact) mass is 409 g/mol. The number of ketones is 1. The quantitative estimate of drug-likeness (QED) is 0.459. The number of hydrogen-bond donors (Lipinski definition) is 1. The molecule has 0 fully saturated rings. The molecule has 6 nitrogen and oxygen atoms in total. The Labute approximate surface area is 174 Å². The summed E-state index contributed by atoms with van der Waals surface area (Å²) in [5, 5.41) is 3.31. The molecule has 3 rings (SSSR count). The van der Waals surface area contributed by atoms with Crippen LogP contribution in [0.1, 0.15) is 29.8 Å². The third kappa shape index (κ3) is 4.40. The third-order valence-electron chi connectivity index (χ3n) is 5.03. The first kappa shape index (κ1) is 21.2. The van der Waals surface area contributed by atoms with Gasteiger partial charge in [-0.15, -0.1) is 0 Å². The summed E-state index contributed by atoms with van der Waals surface area (Å²) in [5.41, 5.74) is 1.34. The molecule has 0 aliphatic carbocycles. The number of nitrogens with one attached hydrogen (secondary N) is 1. The highest BCUT2D eigenvalue weighted by Crippen LogP contribution is 2.22. The summed E-state index contributed by atoms with van der Waals surface area (Å²) < 4.78 is 15.4. The Balaban J connectivity index is 1.81. The molecule has 0 saturated carbocycles. The largest absolute Gasteiger partial charge is 0.350 e. The zero-order valence-corrected chi connectivity index (χ0v) is 17.0. The van der Waals surface area contributed by atoms with E-state index >= 15 is 0 Å². The number of rotatable bonds is 8. The number of Topliss-reactive ketones (excluding diaryl/α,β-unsaturated/α-hetero) is 1. The van der Waals surface area contributed by atoms with Gasteiger partial charge in [0.15, 0.2) is 0 Å². The molecular weight excluding hydrogens is 385 g/mol. The second-order valence-electron chi connectivity index (χ2n) is 6.86. The lowest BCUT2D eigenvalue weighted by Crippen LogP contribution is -2.36. The van der Waals surface area contributed by atoms with E-state index in [-0.39, 0.29) is 30.4 Å². The smallest absolute Gasteiger partial charge is 0.295 e. The normalized spacial score (nSPS) is 10.8. The third-order valence-corrected chi connectivity index (χ3v) is 5.03. The molecule has 0 aliphatic rings. The highest BCUT2D eigenvalue weighted by Gasteiger charge is 2.25. The minimum absolute atomic E-state index is 0.0539. The molecule has 2 amide bonds. The van der Waals surface area contributed by atoms with Crippen molar-refractivity contribution in [3.63, 3.8) is 0 Å². The summed E-state index contributed by atoms with van der Waals surface area (Å²) >= 11 is 0. The van der Waals surface area contributed by atoms with Gasteiger partial charge in [-0.25, -0.2) is 4.39 Å². The second-order valence-corrected chi connectivity index (χ2v) is 6.86. The van der Waals surface area contributed by atoms with Gasteiger partial charge in [0.25, 0.3) is 11.7 Å². The zero-order valence-electron chi connectivity index (χ0n) is 17.0. The Bertz CT molecular complexity index is 1090. The Morgan fingerprint density at radius 3 is 2.37 bits per heavy atom. The van der Waals surface area contributed by atoms with Gasteiger partial charge in [-0.05, 0) is 26.0 Å². The van der Waals surface area contributed by atoms with Crippen LogP contribution in [0.25, 0.3) is 10.9 Å². The van der Waals surface area contributed by atoms with E-state index < -0.39 is 11.7 Å². The van der Waals surface area contributed by atoms with E-state index in [9.17, 15) is 18.8 Å². The average Bonchev–Trinajstić information content (AvgIpc) is 3.12. The van der Waals surface area contributed by atoms with Crippen LogP contribution < -0.4 is 5.32 Å². The van der Waals surface area contributed by atoms with Crippen LogP contribution in [-0.2, 0) is 22.7 Å². The van der Waals surface area contributed by atoms with Gasteiger partial charge in [-0.3, -0.25) is 14.4 Å². The van der Waals surface area contributed by atoms with Crippen LogP contribution in [0.15, 0.2) is 54.7 Å². The maximum Gasteiger partial charge on any atom is 0.295 e. The molecular formula is C23H24FN3O3. The van der Waals surface area contributed by atoms with Gasteiger partial charge in [0, 0.05) is 42.3 Å². The topological polar surface area (TPSA) is 71.4 Å². The predicted molar refractivity (Wildman–Crippen MR) is 112 cm³/mol. The number of nitrogens with zero attached hydrogens (tertiary/aromatic N) is 2. The number of benzene rings is 2. The van der Waals surface area contributed by atoms with Gasteiger partial charge in [0.2, 0.25) is 5.91 Å². The Morgan fingerprint density at radius 2 is 1.67 bits per heavy atom. The number of halogens is 1. The van der Waals surface area contributed by atoms with Crippen molar-refractivity contribution in [3.8, 4) is 0 Å². The molecule has 1 heterocycles. The lowest BCUT2D eigenvalue weighted by Gasteiger charge is -2.17. The second kappa shape index (κ2) is 9.35. The van der Waals surface area contributed by atoms with Gasteiger partial charge in [0.1, 0.15) is 12.4 Å². The molecule has 30 heavy (non-hydrogen) atoms. The van der Waals surface area contributed by atoms with E-state index in [4.69, 9.17) is 0 Å². The molecule has 2 aromatic carbocycles. The maximum atomic E-state index is 13.7. The fourth-order valence-corrected chi connectivity index (χ4v) is 3.37. The number of carbonyl (C=O) groups excluding carboxylic acids is 3. The van der Waals surface area contributed by atoms with Crippen molar-refractivity contribution in [2.75, 3.05) is 13.1 Å². The highest BCUT2D eigenvalue weighted by molar-refractivity contribution is 6.44.